The largest absolute Gasteiger partial charge is 0.316 e. The molecule has 2 saturated heterocycles. The van der Waals surface area contributed by atoms with E-state index in [9.17, 15) is 17.6 Å². The molecule has 8 heteroatoms. The highest BCUT2D eigenvalue weighted by molar-refractivity contribution is 8.16. The van der Waals surface area contributed by atoms with Gasteiger partial charge in [-0.15, -0.1) is 0 Å². The van der Waals surface area contributed by atoms with Crippen LogP contribution in [0.2, 0.25) is 0 Å². The molecule has 0 aliphatic carbocycles. The van der Waals surface area contributed by atoms with Crippen molar-refractivity contribution < 1.29 is 17.6 Å². The molecule has 3 rings (SSSR count). The van der Waals surface area contributed by atoms with Crippen LogP contribution in [0.4, 0.5) is 10.1 Å². The molecule has 24 heavy (non-hydrogen) atoms. The molecule has 0 radical (unpaired) electrons. The van der Waals surface area contributed by atoms with E-state index in [0.717, 1.165) is 0 Å². The van der Waals surface area contributed by atoms with Crippen LogP contribution in [0.25, 0.3) is 0 Å². The second-order valence-corrected chi connectivity index (χ2v) is 10.5. The van der Waals surface area contributed by atoms with Gasteiger partial charge in [0.2, 0.25) is 0 Å². The highest BCUT2D eigenvalue weighted by Crippen LogP contribution is 2.41. The Morgan fingerprint density at radius 3 is 2.46 bits per heavy atom. The quantitative estimate of drug-likeness (QED) is 0.760. The number of halogens is 1. The van der Waals surface area contributed by atoms with Gasteiger partial charge >= 0.3 is 0 Å². The van der Waals surface area contributed by atoms with Crippen molar-refractivity contribution in [3.8, 4) is 0 Å². The third-order valence-corrected chi connectivity index (χ3v) is 7.22. The van der Waals surface area contributed by atoms with E-state index in [-0.39, 0.29) is 34.5 Å². The van der Waals surface area contributed by atoms with Gasteiger partial charge < -0.3 is 4.90 Å². The highest BCUT2D eigenvalue weighted by Gasteiger charge is 2.49. The lowest BCUT2D eigenvalue weighted by atomic mass is 9.96. The Hall–Kier alpha value is -1.41. The number of amidine groups is 1. The van der Waals surface area contributed by atoms with Crippen LogP contribution in [0.15, 0.2) is 29.3 Å². The Labute approximate surface area is 145 Å². The van der Waals surface area contributed by atoms with Gasteiger partial charge in [0.25, 0.3) is 5.91 Å². The van der Waals surface area contributed by atoms with E-state index in [4.69, 9.17) is 0 Å². The van der Waals surface area contributed by atoms with Gasteiger partial charge in [0.1, 0.15) is 5.82 Å². The zero-order valence-corrected chi connectivity index (χ0v) is 15.3. The zero-order valence-electron chi connectivity index (χ0n) is 13.7. The maximum absolute atomic E-state index is 13.2. The summed E-state index contributed by atoms with van der Waals surface area (Å²) >= 11 is 1.32. The Balaban J connectivity index is 2.01. The number of fused-ring (bicyclic) bond motifs is 1. The SMILES string of the molecule is CC(C)(C)C(=O)N=C1S[C@@H]2CS(=O)(=O)C[C@@H]2N1c1ccc(F)cc1. The first kappa shape index (κ1) is 17.4. The van der Waals surface area contributed by atoms with Crippen molar-refractivity contribution in [3.05, 3.63) is 30.1 Å². The number of carbonyl (C=O) groups excluding carboxylic acids is 1. The number of rotatable bonds is 1. The first-order valence-electron chi connectivity index (χ1n) is 7.62. The number of thioether (sulfide) groups is 1. The lowest BCUT2D eigenvalue weighted by Crippen LogP contribution is -2.38. The van der Waals surface area contributed by atoms with Gasteiger partial charge in [-0.2, -0.15) is 4.99 Å². The van der Waals surface area contributed by atoms with Crippen molar-refractivity contribution in [1.29, 1.82) is 0 Å². The summed E-state index contributed by atoms with van der Waals surface area (Å²) in [6, 6.07) is 5.53. The van der Waals surface area contributed by atoms with Crippen LogP contribution in [0.5, 0.6) is 0 Å². The van der Waals surface area contributed by atoms with Gasteiger partial charge in [-0.1, -0.05) is 32.5 Å². The molecule has 0 N–H and O–H groups in total. The van der Waals surface area contributed by atoms with E-state index in [0.29, 0.717) is 10.9 Å². The average molecular weight is 370 g/mol. The van der Waals surface area contributed by atoms with Crippen LogP contribution in [-0.4, -0.2) is 42.3 Å². The number of carbonyl (C=O) groups is 1. The van der Waals surface area contributed by atoms with Gasteiger partial charge in [-0.3, -0.25) is 4.79 Å². The van der Waals surface area contributed by atoms with Crippen molar-refractivity contribution in [1.82, 2.24) is 0 Å². The molecule has 0 bridgehead atoms. The third kappa shape index (κ3) is 3.35. The minimum absolute atomic E-state index is 0.0186. The maximum atomic E-state index is 13.2. The van der Waals surface area contributed by atoms with E-state index in [1.165, 1.54) is 23.9 Å². The number of amides is 1. The monoisotopic (exact) mass is 370 g/mol. The van der Waals surface area contributed by atoms with Crippen LogP contribution in [0.1, 0.15) is 20.8 Å². The number of hydrogen-bond donors (Lipinski definition) is 0. The summed E-state index contributed by atoms with van der Waals surface area (Å²) in [5, 5.41) is 0.331. The molecule has 2 heterocycles. The van der Waals surface area contributed by atoms with Gasteiger partial charge in [-0.05, 0) is 24.3 Å². The molecule has 2 fully saturated rings. The molecule has 0 spiro atoms. The van der Waals surface area contributed by atoms with Crippen LogP contribution < -0.4 is 4.90 Å². The van der Waals surface area contributed by atoms with Crippen molar-refractivity contribution in [3.63, 3.8) is 0 Å². The number of aliphatic imine (C=N–C) groups is 1. The summed E-state index contributed by atoms with van der Waals surface area (Å²) in [6.45, 7) is 5.35. The van der Waals surface area contributed by atoms with Gasteiger partial charge in [0.15, 0.2) is 15.0 Å². The van der Waals surface area contributed by atoms with E-state index < -0.39 is 15.3 Å². The fourth-order valence-electron chi connectivity index (χ4n) is 2.72. The lowest BCUT2D eigenvalue weighted by Gasteiger charge is -2.25. The summed E-state index contributed by atoms with van der Waals surface area (Å²) < 4.78 is 37.1. The van der Waals surface area contributed by atoms with Crippen LogP contribution in [-0.2, 0) is 14.6 Å². The smallest absolute Gasteiger partial charge is 0.253 e. The number of nitrogens with zero attached hydrogens (tertiary/aromatic N) is 2. The van der Waals surface area contributed by atoms with Crippen molar-refractivity contribution in [2.24, 2.45) is 10.4 Å². The molecule has 1 aromatic rings. The van der Waals surface area contributed by atoms with Gasteiger partial charge in [0, 0.05) is 16.4 Å². The molecule has 0 unspecified atom stereocenters. The minimum Gasteiger partial charge on any atom is -0.316 e. The van der Waals surface area contributed by atoms with Crippen molar-refractivity contribution in [2.75, 3.05) is 16.4 Å². The molecular weight excluding hydrogens is 351 g/mol. The van der Waals surface area contributed by atoms with E-state index in [1.54, 1.807) is 37.8 Å². The zero-order chi connectivity index (χ0) is 17.7. The molecule has 5 nitrogen and oxygen atoms in total. The van der Waals surface area contributed by atoms with Gasteiger partial charge in [0.05, 0.1) is 17.5 Å². The summed E-state index contributed by atoms with van der Waals surface area (Å²) in [5.74, 6) is -0.543. The van der Waals surface area contributed by atoms with E-state index in [1.807, 2.05) is 0 Å². The number of hydrogen-bond acceptors (Lipinski definition) is 4. The lowest BCUT2D eigenvalue weighted by molar-refractivity contribution is -0.124. The molecule has 0 saturated carbocycles. The molecule has 130 valence electrons. The standard InChI is InChI=1S/C16H19FN2O3S2/c1-16(2,3)14(20)18-15-19(11-6-4-10(17)5-7-11)12-8-24(21,22)9-13(12)23-15/h4-7,12-13H,8-9H2,1-3H3/t12-,13+/m0/s1. The predicted molar refractivity (Wildman–Crippen MR) is 94.6 cm³/mol. The molecule has 2 aliphatic rings. The molecule has 2 atom stereocenters. The molecule has 0 aromatic heterocycles. The van der Waals surface area contributed by atoms with Crippen LogP contribution >= 0.6 is 11.8 Å². The second kappa shape index (κ2) is 5.84. The number of anilines is 1. The van der Waals surface area contributed by atoms with Crippen LogP contribution in [0, 0.1) is 11.2 Å². The molecule has 2 aliphatic heterocycles. The first-order chi connectivity index (χ1) is 11.1. The summed E-state index contributed by atoms with van der Waals surface area (Å²) in [5.41, 5.74) is 0.0279. The Kier molecular flexibility index (Phi) is 4.24. The molecular formula is C16H19FN2O3S2. The normalized spacial score (nSPS) is 27.5. The summed E-state index contributed by atoms with van der Waals surface area (Å²) in [4.78, 5) is 18.3. The molecule has 1 aromatic carbocycles. The fourth-order valence-corrected chi connectivity index (χ4v) is 6.63. The maximum Gasteiger partial charge on any atom is 0.253 e. The van der Waals surface area contributed by atoms with E-state index >= 15 is 0 Å². The van der Waals surface area contributed by atoms with Crippen molar-refractivity contribution >= 4 is 38.4 Å². The minimum atomic E-state index is -3.11. The average Bonchev–Trinajstić information content (AvgIpc) is 2.90. The van der Waals surface area contributed by atoms with Gasteiger partial charge in [-0.25, -0.2) is 12.8 Å². The van der Waals surface area contributed by atoms with Crippen LogP contribution in [0.3, 0.4) is 0 Å². The second-order valence-electron chi connectivity index (χ2n) is 7.10. The number of benzene rings is 1. The summed E-state index contributed by atoms with van der Waals surface area (Å²) in [6.07, 6.45) is 0. The fraction of sp³-hybridized carbons (Fsp3) is 0.500. The Morgan fingerprint density at radius 2 is 1.88 bits per heavy atom. The third-order valence-electron chi connectivity index (χ3n) is 4.01. The highest BCUT2D eigenvalue weighted by atomic mass is 32.2. The Bertz CT molecular complexity index is 798. The molecule has 1 amide bonds. The van der Waals surface area contributed by atoms with E-state index in [2.05, 4.69) is 4.99 Å². The Morgan fingerprint density at radius 1 is 1.25 bits per heavy atom. The first-order valence-corrected chi connectivity index (χ1v) is 10.3. The predicted octanol–water partition coefficient (Wildman–Crippen LogP) is 2.47. The number of sulfone groups is 1. The topological polar surface area (TPSA) is 66.8 Å². The summed E-state index contributed by atoms with van der Waals surface area (Å²) in [7, 11) is -3.11. The van der Waals surface area contributed by atoms with Crippen molar-refractivity contribution in [2.45, 2.75) is 32.1 Å².